The van der Waals surface area contributed by atoms with Crippen LogP contribution in [0.3, 0.4) is 0 Å². The Labute approximate surface area is 121 Å². The molecule has 0 atom stereocenters. The molecule has 0 radical (unpaired) electrons. The van der Waals surface area contributed by atoms with Crippen LogP contribution in [0.15, 0.2) is 30.3 Å². The van der Waals surface area contributed by atoms with Gasteiger partial charge in [-0.2, -0.15) is 0 Å². The smallest absolute Gasteiger partial charge is 0.407 e. The SMILES string of the molecule is CCCCCCCNC(=O)OCCOc1ccccc1. The summed E-state index contributed by atoms with van der Waals surface area (Å²) in [4.78, 5) is 11.4. The highest BCUT2D eigenvalue weighted by Gasteiger charge is 2.00. The third-order valence-electron chi connectivity index (χ3n) is 2.88. The predicted octanol–water partition coefficient (Wildman–Crippen LogP) is 3.76. The van der Waals surface area contributed by atoms with Crippen LogP contribution >= 0.6 is 0 Å². The first-order valence-corrected chi connectivity index (χ1v) is 7.41. The zero-order chi connectivity index (χ0) is 14.5. The summed E-state index contributed by atoms with van der Waals surface area (Å²) in [6.45, 7) is 3.50. The third-order valence-corrected chi connectivity index (χ3v) is 2.88. The minimum atomic E-state index is -0.364. The van der Waals surface area contributed by atoms with Crippen molar-refractivity contribution in [1.29, 1.82) is 0 Å². The van der Waals surface area contributed by atoms with E-state index >= 15 is 0 Å². The van der Waals surface area contributed by atoms with E-state index in [2.05, 4.69) is 12.2 Å². The lowest BCUT2D eigenvalue weighted by Gasteiger charge is -2.08. The number of carbonyl (C=O) groups is 1. The standard InChI is InChI=1S/C16H25NO3/c1-2-3-4-5-9-12-17-16(18)20-14-13-19-15-10-7-6-8-11-15/h6-8,10-11H,2-5,9,12-14H2,1H3,(H,17,18). The van der Waals surface area contributed by atoms with Crippen molar-refractivity contribution in [2.45, 2.75) is 39.0 Å². The van der Waals surface area contributed by atoms with Gasteiger partial charge in [0.1, 0.15) is 19.0 Å². The molecule has 0 aliphatic rings. The summed E-state index contributed by atoms with van der Waals surface area (Å²) in [7, 11) is 0. The molecule has 1 aromatic rings. The minimum Gasteiger partial charge on any atom is -0.490 e. The number of carbonyl (C=O) groups excluding carboxylic acids is 1. The Balaban J connectivity index is 1.92. The molecule has 0 spiro atoms. The third kappa shape index (κ3) is 8.40. The number of ether oxygens (including phenoxy) is 2. The number of rotatable bonds is 10. The summed E-state index contributed by atoms with van der Waals surface area (Å²) in [6.07, 6.45) is 5.54. The molecule has 0 saturated heterocycles. The zero-order valence-electron chi connectivity index (χ0n) is 12.3. The van der Waals surface area contributed by atoms with Crippen LogP contribution < -0.4 is 10.1 Å². The van der Waals surface area contributed by atoms with Crippen LogP contribution in [0, 0.1) is 0 Å². The van der Waals surface area contributed by atoms with Crippen LogP contribution in [0.2, 0.25) is 0 Å². The molecule has 1 rings (SSSR count). The second-order valence-electron chi connectivity index (χ2n) is 4.64. The number of unbranched alkanes of at least 4 members (excludes halogenated alkanes) is 4. The summed E-state index contributed by atoms with van der Waals surface area (Å²) in [5, 5.41) is 2.74. The van der Waals surface area contributed by atoms with Gasteiger partial charge >= 0.3 is 6.09 Å². The Morgan fingerprint density at radius 2 is 1.80 bits per heavy atom. The minimum absolute atomic E-state index is 0.260. The van der Waals surface area contributed by atoms with Gasteiger partial charge in [-0.3, -0.25) is 0 Å². The lowest BCUT2D eigenvalue weighted by atomic mass is 10.1. The van der Waals surface area contributed by atoms with E-state index in [1.807, 2.05) is 30.3 Å². The second kappa shape index (κ2) is 11.1. The summed E-state index contributed by atoms with van der Waals surface area (Å²) >= 11 is 0. The van der Waals surface area contributed by atoms with E-state index in [1.165, 1.54) is 19.3 Å². The Hall–Kier alpha value is -1.71. The van der Waals surface area contributed by atoms with Gasteiger partial charge in [-0.05, 0) is 18.6 Å². The molecular weight excluding hydrogens is 254 g/mol. The Kier molecular flexibility index (Phi) is 9.11. The molecule has 0 aliphatic carbocycles. The van der Waals surface area contributed by atoms with Crippen LogP contribution in [0.4, 0.5) is 4.79 Å². The van der Waals surface area contributed by atoms with E-state index in [-0.39, 0.29) is 12.7 Å². The van der Waals surface area contributed by atoms with E-state index in [4.69, 9.17) is 9.47 Å². The second-order valence-corrected chi connectivity index (χ2v) is 4.64. The molecular formula is C16H25NO3. The average Bonchev–Trinajstić information content (AvgIpc) is 2.48. The highest BCUT2D eigenvalue weighted by Crippen LogP contribution is 2.07. The summed E-state index contributed by atoms with van der Waals surface area (Å²) in [5.41, 5.74) is 0. The Morgan fingerprint density at radius 1 is 1.05 bits per heavy atom. The maximum atomic E-state index is 11.4. The van der Waals surface area contributed by atoms with Gasteiger partial charge in [0.2, 0.25) is 0 Å². The van der Waals surface area contributed by atoms with Crippen molar-refractivity contribution in [2.75, 3.05) is 19.8 Å². The first-order chi connectivity index (χ1) is 9.83. The van der Waals surface area contributed by atoms with E-state index in [0.29, 0.717) is 13.2 Å². The van der Waals surface area contributed by atoms with E-state index in [0.717, 1.165) is 18.6 Å². The normalized spacial score (nSPS) is 10.1. The van der Waals surface area contributed by atoms with Gasteiger partial charge < -0.3 is 14.8 Å². The maximum Gasteiger partial charge on any atom is 0.407 e. The topological polar surface area (TPSA) is 47.6 Å². The molecule has 0 fully saturated rings. The van der Waals surface area contributed by atoms with Crippen molar-refractivity contribution < 1.29 is 14.3 Å². The van der Waals surface area contributed by atoms with Crippen LogP contribution in [0.5, 0.6) is 5.75 Å². The van der Waals surface area contributed by atoms with Gasteiger partial charge in [-0.15, -0.1) is 0 Å². The Bertz CT molecular complexity index is 354. The molecule has 1 aromatic carbocycles. The summed E-state index contributed by atoms with van der Waals surface area (Å²) < 4.78 is 10.4. The molecule has 0 unspecified atom stereocenters. The fourth-order valence-corrected chi connectivity index (χ4v) is 1.78. The number of benzene rings is 1. The fraction of sp³-hybridized carbons (Fsp3) is 0.562. The summed E-state index contributed by atoms with van der Waals surface area (Å²) in [6, 6.07) is 9.48. The molecule has 112 valence electrons. The number of para-hydroxylation sites is 1. The molecule has 20 heavy (non-hydrogen) atoms. The molecule has 4 heteroatoms. The lowest BCUT2D eigenvalue weighted by molar-refractivity contribution is 0.125. The van der Waals surface area contributed by atoms with Crippen molar-refractivity contribution in [3.63, 3.8) is 0 Å². The Morgan fingerprint density at radius 3 is 2.55 bits per heavy atom. The number of nitrogens with one attached hydrogen (secondary N) is 1. The first-order valence-electron chi connectivity index (χ1n) is 7.41. The molecule has 0 aromatic heterocycles. The van der Waals surface area contributed by atoms with Crippen LogP contribution in [0.25, 0.3) is 0 Å². The number of hydrogen-bond donors (Lipinski definition) is 1. The fourth-order valence-electron chi connectivity index (χ4n) is 1.78. The largest absolute Gasteiger partial charge is 0.490 e. The van der Waals surface area contributed by atoms with Crippen molar-refractivity contribution in [1.82, 2.24) is 5.32 Å². The van der Waals surface area contributed by atoms with Crippen molar-refractivity contribution >= 4 is 6.09 Å². The predicted molar refractivity (Wildman–Crippen MR) is 80.0 cm³/mol. The average molecular weight is 279 g/mol. The highest BCUT2D eigenvalue weighted by atomic mass is 16.6. The zero-order valence-corrected chi connectivity index (χ0v) is 12.3. The van der Waals surface area contributed by atoms with Gasteiger partial charge in [0.25, 0.3) is 0 Å². The molecule has 0 aliphatic heterocycles. The summed E-state index contributed by atoms with van der Waals surface area (Å²) in [5.74, 6) is 0.785. The van der Waals surface area contributed by atoms with Gasteiger partial charge in [-0.25, -0.2) is 4.79 Å². The van der Waals surface area contributed by atoms with Crippen molar-refractivity contribution in [3.05, 3.63) is 30.3 Å². The lowest BCUT2D eigenvalue weighted by Crippen LogP contribution is -2.26. The van der Waals surface area contributed by atoms with E-state index in [9.17, 15) is 4.79 Å². The molecule has 4 nitrogen and oxygen atoms in total. The maximum absolute atomic E-state index is 11.4. The number of hydrogen-bond acceptors (Lipinski definition) is 3. The van der Waals surface area contributed by atoms with Gasteiger partial charge in [0.05, 0.1) is 0 Å². The van der Waals surface area contributed by atoms with Crippen LogP contribution in [-0.2, 0) is 4.74 Å². The highest BCUT2D eigenvalue weighted by molar-refractivity contribution is 5.66. The first kappa shape index (κ1) is 16.3. The molecule has 0 saturated carbocycles. The molecule has 0 bridgehead atoms. The molecule has 1 amide bonds. The van der Waals surface area contributed by atoms with Crippen LogP contribution in [-0.4, -0.2) is 25.9 Å². The van der Waals surface area contributed by atoms with Crippen molar-refractivity contribution in [3.8, 4) is 5.75 Å². The van der Waals surface area contributed by atoms with E-state index < -0.39 is 0 Å². The van der Waals surface area contributed by atoms with E-state index in [1.54, 1.807) is 0 Å². The molecule has 1 N–H and O–H groups in total. The number of amides is 1. The van der Waals surface area contributed by atoms with Gasteiger partial charge in [0, 0.05) is 6.54 Å². The van der Waals surface area contributed by atoms with Crippen LogP contribution in [0.1, 0.15) is 39.0 Å². The number of alkyl carbamates (subject to hydrolysis) is 1. The van der Waals surface area contributed by atoms with Gasteiger partial charge in [-0.1, -0.05) is 50.8 Å². The monoisotopic (exact) mass is 279 g/mol. The molecule has 0 heterocycles. The van der Waals surface area contributed by atoms with Crippen molar-refractivity contribution in [2.24, 2.45) is 0 Å². The quantitative estimate of drug-likeness (QED) is 0.663. The van der Waals surface area contributed by atoms with Gasteiger partial charge in [0.15, 0.2) is 0 Å².